The number of hydrogen-bond donors (Lipinski definition) is 3. The van der Waals surface area contributed by atoms with Crippen LogP contribution in [0.2, 0.25) is 0 Å². The summed E-state index contributed by atoms with van der Waals surface area (Å²) in [5, 5.41) is 14.5. The van der Waals surface area contributed by atoms with Gasteiger partial charge in [-0.25, -0.2) is 0 Å². The number of nitrogens with zero attached hydrogens (tertiary/aromatic N) is 1. The lowest BCUT2D eigenvalue weighted by atomic mass is 10.3. The van der Waals surface area contributed by atoms with Gasteiger partial charge in [0.1, 0.15) is 5.84 Å². The van der Waals surface area contributed by atoms with E-state index in [9.17, 15) is 0 Å². The molecule has 1 fully saturated rings. The number of rotatable bonds is 6. The first kappa shape index (κ1) is 10.7. The van der Waals surface area contributed by atoms with Gasteiger partial charge in [-0.3, -0.25) is 0 Å². The summed E-state index contributed by atoms with van der Waals surface area (Å²) in [6.07, 6.45) is 5.38. The van der Waals surface area contributed by atoms with Crippen LogP contribution in [0.3, 0.4) is 0 Å². The van der Waals surface area contributed by atoms with E-state index < -0.39 is 0 Å². The number of oxime groups is 1. The van der Waals surface area contributed by atoms with E-state index in [1.54, 1.807) is 0 Å². The zero-order chi connectivity index (χ0) is 9.73. The molecule has 0 aromatic carbocycles. The first-order valence-corrected chi connectivity index (χ1v) is 5.67. The number of thioether (sulfide) groups is 1. The van der Waals surface area contributed by atoms with E-state index in [2.05, 4.69) is 16.7 Å². The lowest BCUT2D eigenvalue weighted by Crippen LogP contribution is -2.29. The maximum absolute atomic E-state index is 8.28. The van der Waals surface area contributed by atoms with Crippen molar-refractivity contribution in [3.8, 4) is 0 Å². The molecule has 0 amide bonds. The van der Waals surface area contributed by atoms with E-state index in [0.717, 1.165) is 13.1 Å². The highest BCUT2D eigenvalue weighted by atomic mass is 32.2. The van der Waals surface area contributed by atoms with Crippen LogP contribution >= 0.6 is 11.8 Å². The smallest absolute Gasteiger partial charge is 0.140 e. The fourth-order valence-electron chi connectivity index (χ4n) is 1.18. The molecule has 0 saturated heterocycles. The van der Waals surface area contributed by atoms with Crippen molar-refractivity contribution < 1.29 is 5.21 Å². The molecule has 0 radical (unpaired) electrons. The van der Waals surface area contributed by atoms with Gasteiger partial charge >= 0.3 is 0 Å². The van der Waals surface area contributed by atoms with Crippen LogP contribution < -0.4 is 11.1 Å². The summed E-state index contributed by atoms with van der Waals surface area (Å²) in [4.78, 5) is 0. The quantitative estimate of drug-likeness (QED) is 0.194. The van der Waals surface area contributed by atoms with Crippen LogP contribution in [0.25, 0.3) is 0 Å². The number of amidine groups is 1. The summed E-state index contributed by atoms with van der Waals surface area (Å²) in [7, 11) is 0. The Balaban J connectivity index is 2.01. The summed E-state index contributed by atoms with van der Waals surface area (Å²) in [6.45, 7) is 1.82. The van der Waals surface area contributed by atoms with Crippen molar-refractivity contribution in [2.45, 2.75) is 24.0 Å². The molecule has 0 aliphatic heterocycles. The van der Waals surface area contributed by atoms with Crippen LogP contribution in [-0.2, 0) is 0 Å². The van der Waals surface area contributed by atoms with Gasteiger partial charge < -0.3 is 16.3 Å². The molecule has 13 heavy (non-hydrogen) atoms. The summed E-state index contributed by atoms with van der Waals surface area (Å²) in [5.74, 6) is 0.293. The summed E-state index contributed by atoms with van der Waals surface area (Å²) < 4.78 is 0.491. The Bertz CT molecular complexity index is 192. The van der Waals surface area contributed by atoms with Gasteiger partial charge in [-0.2, -0.15) is 11.8 Å². The maximum atomic E-state index is 8.28. The van der Waals surface area contributed by atoms with Crippen molar-refractivity contribution in [2.75, 3.05) is 19.3 Å². The minimum atomic E-state index is 0.293. The van der Waals surface area contributed by atoms with E-state index in [-0.39, 0.29) is 0 Å². The summed E-state index contributed by atoms with van der Waals surface area (Å²) in [6, 6.07) is 0. The number of hydrogen-bond acceptors (Lipinski definition) is 4. The van der Waals surface area contributed by atoms with Crippen molar-refractivity contribution in [1.82, 2.24) is 5.32 Å². The molecule has 1 aliphatic carbocycles. The second-order valence-electron chi connectivity index (χ2n) is 3.41. The van der Waals surface area contributed by atoms with E-state index in [4.69, 9.17) is 10.9 Å². The van der Waals surface area contributed by atoms with Gasteiger partial charge in [-0.15, -0.1) is 0 Å². The molecule has 1 rings (SSSR count). The van der Waals surface area contributed by atoms with Crippen molar-refractivity contribution in [3.63, 3.8) is 0 Å². The fraction of sp³-hybridized carbons (Fsp3) is 0.875. The third-order valence-electron chi connectivity index (χ3n) is 2.37. The van der Waals surface area contributed by atoms with Gasteiger partial charge in [-0.05, 0) is 19.1 Å². The third kappa shape index (κ3) is 3.44. The summed E-state index contributed by atoms with van der Waals surface area (Å²) >= 11 is 1.93. The van der Waals surface area contributed by atoms with Gasteiger partial charge in [0.05, 0.1) is 0 Å². The Morgan fingerprint density at radius 3 is 2.85 bits per heavy atom. The van der Waals surface area contributed by atoms with E-state index in [0.29, 0.717) is 17.0 Å². The zero-order valence-corrected chi connectivity index (χ0v) is 8.73. The predicted octanol–water partition coefficient (Wildman–Crippen LogP) is 0.608. The molecule has 1 aliphatic rings. The molecule has 0 atom stereocenters. The second kappa shape index (κ2) is 4.72. The molecule has 0 heterocycles. The third-order valence-corrected chi connectivity index (χ3v) is 3.79. The van der Waals surface area contributed by atoms with Crippen molar-refractivity contribution in [2.24, 2.45) is 10.9 Å². The Morgan fingerprint density at radius 1 is 1.69 bits per heavy atom. The van der Waals surface area contributed by atoms with E-state index in [1.807, 2.05) is 11.8 Å². The minimum Gasteiger partial charge on any atom is -0.409 e. The number of nitrogens with two attached hydrogens (primary N) is 1. The molecule has 5 heteroatoms. The predicted molar refractivity (Wildman–Crippen MR) is 56.4 cm³/mol. The Morgan fingerprint density at radius 2 is 2.38 bits per heavy atom. The van der Waals surface area contributed by atoms with Crippen molar-refractivity contribution in [1.29, 1.82) is 0 Å². The van der Waals surface area contributed by atoms with Crippen LogP contribution in [0.15, 0.2) is 5.16 Å². The Kier molecular flexibility index (Phi) is 3.87. The molecule has 0 aromatic heterocycles. The highest BCUT2D eigenvalue weighted by molar-refractivity contribution is 8.00. The molecule has 1 saturated carbocycles. The highest BCUT2D eigenvalue weighted by Crippen LogP contribution is 2.46. The zero-order valence-electron chi connectivity index (χ0n) is 7.92. The lowest BCUT2D eigenvalue weighted by molar-refractivity contribution is 0.316. The van der Waals surface area contributed by atoms with Gasteiger partial charge in [0, 0.05) is 24.3 Å². The molecule has 0 bridgehead atoms. The van der Waals surface area contributed by atoms with Crippen LogP contribution in [0.1, 0.15) is 19.3 Å². The normalized spacial score (nSPS) is 20.2. The Labute approximate surface area is 82.9 Å². The van der Waals surface area contributed by atoms with Crippen molar-refractivity contribution in [3.05, 3.63) is 0 Å². The molecular formula is C8H17N3OS. The standard InChI is InChI=1S/C8H17N3OS/c1-13-8(3-4-8)6-10-5-2-7(9)11-12/h10,12H,2-6H2,1H3,(H2,9,11). The van der Waals surface area contributed by atoms with Crippen LogP contribution in [0, 0.1) is 0 Å². The van der Waals surface area contributed by atoms with E-state index >= 15 is 0 Å². The molecule has 4 nitrogen and oxygen atoms in total. The molecule has 4 N–H and O–H groups in total. The highest BCUT2D eigenvalue weighted by Gasteiger charge is 2.41. The van der Waals surface area contributed by atoms with Gasteiger partial charge in [0.15, 0.2) is 0 Å². The first-order chi connectivity index (χ1) is 6.22. The monoisotopic (exact) mass is 203 g/mol. The molecule has 0 aromatic rings. The van der Waals surface area contributed by atoms with Gasteiger partial charge in [0.2, 0.25) is 0 Å². The van der Waals surface area contributed by atoms with Crippen LogP contribution in [-0.4, -0.2) is 35.1 Å². The van der Waals surface area contributed by atoms with Gasteiger partial charge in [0.25, 0.3) is 0 Å². The van der Waals surface area contributed by atoms with Crippen LogP contribution in [0.4, 0.5) is 0 Å². The number of nitrogens with one attached hydrogen (secondary N) is 1. The second-order valence-corrected chi connectivity index (χ2v) is 4.68. The largest absolute Gasteiger partial charge is 0.409 e. The molecular weight excluding hydrogens is 186 g/mol. The average Bonchev–Trinajstić information content (AvgIpc) is 2.93. The molecule has 0 unspecified atom stereocenters. The van der Waals surface area contributed by atoms with Crippen molar-refractivity contribution >= 4 is 17.6 Å². The Hall–Kier alpha value is -0.420. The fourth-order valence-corrected chi connectivity index (χ4v) is 1.93. The van der Waals surface area contributed by atoms with Gasteiger partial charge in [-0.1, -0.05) is 5.16 Å². The van der Waals surface area contributed by atoms with E-state index in [1.165, 1.54) is 12.8 Å². The lowest BCUT2D eigenvalue weighted by Gasteiger charge is -2.12. The molecule has 76 valence electrons. The molecule has 0 spiro atoms. The maximum Gasteiger partial charge on any atom is 0.140 e. The first-order valence-electron chi connectivity index (χ1n) is 4.45. The van der Waals surface area contributed by atoms with Crippen LogP contribution in [0.5, 0.6) is 0 Å². The topological polar surface area (TPSA) is 70.6 Å². The SMILES string of the molecule is CSC1(CNCCC(N)=NO)CC1. The minimum absolute atomic E-state index is 0.293. The summed E-state index contributed by atoms with van der Waals surface area (Å²) in [5.41, 5.74) is 5.33. The average molecular weight is 203 g/mol.